The van der Waals surface area contributed by atoms with Crippen LogP contribution in [0.2, 0.25) is 0 Å². The van der Waals surface area contributed by atoms with Gasteiger partial charge in [-0.15, -0.1) is 0 Å². The van der Waals surface area contributed by atoms with Crippen LogP contribution in [0.25, 0.3) is 11.0 Å². The zero-order valence-corrected chi connectivity index (χ0v) is 22.9. The molecule has 0 bridgehead atoms. The fourth-order valence-electron chi connectivity index (χ4n) is 4.40. The van der Waals surface area contributed by atoms with Crippen LogP contribution in [0.1, 0.15) is 87.5 Å². The highest BCUT2D eigenvalue weighted by molar-refractivity contribution is 7.72. The van der Waals surface area contributed by atoms with Crippen molar-refractivity contribution < 1.29 is 0 Å². The summed E-state index contributed by atoms with van der Waals surface area (Å²) < 4.78 is 0. The second-order valence-corrected chi connectivity index (χ2v) is 16.8. The Bertz CT molecular complexity index is 837. The second-order valence-electron chi connectivity index (χ2n) is 11.3. The molecule has 1 aromatic heterocycles. The lowest BCUT2D eigenvalue weighted by molar-refractivity contribution is 0.337. The van der Waals surface area contributed by atoms with Crippen LogP contribution in [0.4, 0.5) is 0 Å². The number of benzene rings is 1. The maximum absolute atomic E-state index is 5.28. The molecule has 0 aliphatic rings. The molecule has 1 heterocycles. The van der Waals surface area contributed by atoms with Gasteiger partial charge in [0.2, 0.25) is 0 Å². The molecule has 2 rings (SSSR count). The Morgan fingerprint density at radius 1 is 0.733 bits per heavy atom. The normalized spacial score (nSPS) is 15.4. The Morgan fingerprint density at radius 2 is 1.20 bits per heavy atom. The lowest BCUT2D eigenvalue weighted by Gasteiger charge is -2.39. The molecule has 0 unspecified atom stereocenters. The van der Waals surface area contributed by atoms with Crippen molar-refractivity contribution in [1.82, 2.24) is 9.97 Å². The Kier molecular flexibility index (Phi) is 8.49. The number of hydrogen-bond acceptors (Lipinski definition) is 2. The Morgan fingerprint density at radius 3 is 1.63 bits per heavy atom. The highest BCUT2D eigenvalue weighted by atomic mass is 31.1. The molecule has 0 saturated heterocycles. The summed E-state index contributed by atoms with van der Waals surface area (Å²) >= 11 is 0. The molecule has 4 heteroatoms. The predicted octanol–water partition coefficient (Wildman–Crippen LogP) is 7.68. The zero-order valence-electron chi connectivity index (χ0n) is 21.1. The molecule has 0 aliphatic heterocycles. The predicted molar refractivity (Wildman–Crippen MR) is 141 cm³/mol. The molecule has 2 aromatic rings. The van der Waals surface area contributed by atoms with Crippen molar-refractivity contribution in [1.29, 1.82) is 0 Å². The van der Waals surface area contributed by atoms with Gasteiger partial charge in [0.05, 0.1) is 21.9 Å². The van der Waals surface area contributed by atoms with Gasteiger partial charge in [0.15, 0.2) is 0 Å². The smallest absolute Gasteiger partial charge is 0.0899 e. The molecular weight excluding hydrogens is 402 g/mol. The van der Waals surface area contributed by atoms with Crippen molar-refractivity contribution in [3.8, 4) is 0 Å². The third-order valence-corrected chi connectivity index (χ3v) is 12.4. The monoisotopic (exact) mass is 446 g/mol. The minimum absolute atomic E-state index is 0.224. The maximum Gasteiger partial charge on any atom is 0.0899 e. The largest absolute Gasteiger partial charge is 0.244 e. The highest BCUT2D eigenvalue weighted by Crippen LogP contribution is 2.53. The second kappa shape index (κ2) is 9.92. The van der Waals surface area contributed by atoms with E-state index in [-0.39, 0.29) is 10.3 Å². The van der Waals surface area contributed by atoms with Crippen LogP contribution in [-0.4, -0.2) is 33.6 Å². The number of fused-ring (bicyclic) bond motifs is 1. The zero-order chi connectivity index (χ0) is 22.7. The molecule has 0 amide bonds. The van der Waals surface area contributed by atoms with E-state index in [0.717, 1.165) is 11.0 Å². The van der Waals surface area contributed by atoms with E-state index in [4.69, 9.17) is 9.97 Å². The highest BCUT2D eigenvalue weighted by Gasteiger charge is 2.37. The van der Waals surface area contributed by atoms with Gasteiger partial charge in [-0.2, -0.15) is 0 Å². The van der Waals surface area contributed by atoms with E-state index in [1.807, 2.05) is 0 Å². The first kappa shape index (κ1) is 25.7. The van der Waals surface area contributed by atoms with Gasteiger partial charge in [-0.3, -0.25) is 0 Å². The Hall–Kier alpha value is -0.580. The van der Waals surface area contributed by atoms with E-state index in [2.05, 4.69) is 93.0 Å². The van der Waals surface area contributed by atoms with Crippen LogP contribution < -0.4 is 10.9 Å². The third-order valence-electron chi connectivity index (χ3n) is 6.34. The summed E-state index contributed by atoms with van der Waals surface area (Å²) in [4.78, 5) is 10.6. The Balaban J connectivity index is 2.54. The summed E-state index contributed by atoms with van der Waals surface area (Å²) in [6.45, 7) is 24.0. The minimum atomic E-state index is -0.430. The molecule has 0 spiro atoms. The van der Waals surface area contributed by atoms with Gasteiger partial charge in [-0.05, 0) is 69.9 Å². The van der Waals surface area contributed by atoms with E-state index in [9.17, 15) is 0 Å². The molecule has 2 atom stereocenters. The SMILES string of the molecule is CCCCCC(C)(C)[P@@](C)c1nc2ccccc2nc1[P@](C)C(C)(C)CC(C)(C)C. The number of hydrogen-bond donors (Lipinski definition) is 0. The van der Waals surface area contributed by atoms with Crippen molar-refractivity contribution in [3.63, 3.8) is 0 Å². The third kappa shape index (κ3) is 6.46. The Labute approximate surface area is 188 Å². The molecule has 0 saturated carbocycles. The van der Waals surface area contributed by atoms with E-state index in [1.54, 1.807) is 0 Å². The first-order chi connectivity index (χ1) is 13.8. The molecule has 168 valence electrons. The number of para-hydroxylation sites is 2. The molecule has 0 fully saturated rings. The van der Waals surface area contributed by atoms with E-state index in [0.29, 0.717) is 5.41 Å². The van der Waals surface area contributed by atoms with Gasteiger partial charge in [-0.25, -0.2) is 9.97 Å². The van der Waals surface area contributed by atoms with Crippen molar-refractivity contribution in [2.45, 2.75) is 97.8 Å². The van der Waals surface area contributed by atoms with Crippen LogP contribution in [0.3, 0.4) is 0 Å². The van der Waals surface area contributed by atoms with E-state index in [1.165, 1.54) is 43.0 Å². The van der Waals surface area contributed by atoms with Gasteiger partial charge in [0.25, 0.3) is 0 Å². The topological polar surface area (TPSA) is 25.8 Å². The fraction of sp³-hybridized carbons (Fsp3) is 0.692. The molecule has 0 N–H and O–H groups in total. The first-order valence-corrected chi connectivity index (χ1v) is 15.1. The lowest BCUT2D eigenvalue weighted by atomic mass is 9.86. The van der Waals surface area contributed by atoms with E-state index >= 15 is 0 Å². The summed E-state index contributed by atoms with van der Waals surface area (Å²) in [5.74, 6) is 0. The van der Waals surface area contributed by atoms with Crippen LogP contribution in [-0.2, 0) is 0 Å². The fourth-order valence-corrected chi connectivity index (χ4v) is 8.86. The van der Waals surface area contributed by atoms with Crippen LogP contribution in [0.15, 0.2) is 24.3 Å². The number of aromatic nitrogens is 2. The van der Waals surface area contributed by atoms with Crippen molar-refractivity contribution >= 4 is 37.7 Å². The summed E-state index contributed by atoms with van der Waals surface area (Å²) in [5, 5.41) is 0.503. The molecule has 0 radical (unpaired) electrons. The van der Waals surface area contributed by atoms with Crippen molar-refractivity contribution in [2.75, 3.05) is 13.3 Å². The number of rotatable bonds is 9. The average molecular weight is 447 g/mol. The summed E-state index contributed by atoms with van der Waals surface area (Å²) in [7, 11) is -0.830. The molecule has 2 nitrogen and oxygen atoms in total. The number of nitrogens with zero attached hydrogens (tertiary/aromatic N) is 2. The van der Waals surface area contributed by atoms with Crippen LogP contribution >= 0.6 is 15.8 Å². The van der Waals surface area contributed by atoms with Crippen LogP contribution in [0.5, 0.6) is 0 Å². The average Bonchev–Trinajstić information content (AvgIpc) is 2.64. The van der Waals surface area contributed by atoms with Crippen LogP contribution in [0, 0.1) is 5.41 Å². The maximum atomic E-state index is 5.28. The molecule has 0 aliphatic carbocycles. The standard InChI is InChI=1S/C26H44N2P2/c1-11-12-15-18-25(5,6)29(9)22-23(28-21-17-14-13-16-20(21)27-22)30(10)26(7,8)19-24(2,3)4/h13-14,16-17H,11-12,15,18-19H2,1-10H3/t29-,30-/m0/s1. The molecule has 30 heavy (non-hydrogen) atoms. The molecule has 1 aromatic carbocycles. The lowest BCUT2D eigenvalue weighted by Crippen LogP contribution is -2.39. The van der Waals surface area contributed by atoms with Gasteiger partial charge < -0.3 is 0 Å². The van der Waals surface area contributed by atoms with Crippen molar-refractivity contribution in [2.24, 2.45) is 5.41 Å². The number of unbranched alkanes of at least 4 members (excludes halogenated alkanes) is 2. The van der Waals surface area contributed by atoms with Crippen molar-refractivity contribution in [3.05, 3.63) is 24.3 Å². The summed E-state index contributed by atoms with van der Waals surface area (Å²) in [5.41, 5.74) is 5.01. The van der Waals surface area contributed by atoms with Gasteiger partial charge >= 0.3 is 0 Å². The van der Waals surface area contributed by atoms with Gasteiger partial charge in [-0.1, -0.05) is 86.8 Å². The van der Waals surface area contributed by atoms with E-state index < -0.39 is 15.8 Å². The minimum Gasteiger partial charge on any atom is -0.244 e. The molecular formula is C26H44N2P2. The van der Waals surface area contributed by atoms with Gasteiger partial charge in [0.1, 0.15) is 0 Å². The van der Waals surface area contributed by atoms with Gasteiger partial charge in [0, 0.05) is 0 Å². The first-order valence-electron chi connectivity index (χ1n) is 11.5. The summed E-state index contributed by atoms with van der Waals surface area (Å²) in [6, 6.07) is 8.42. The quantitative estimate of drug-likeness (QED) is 0.292. The summed E-state index contributed by atoms with van der Waals surface area (Å²) in [6.07, 6.45) is 6.37.